The molecule has 2 aliphatic rings. The van der Waals surface area contributed by atoms with Crippen LogP contribution in [0.25, 0.3) is 27.8 Å². The Hall–Kier alpha value is -3.27. The summed E-state index contributed by atoms with van der Waals surface area (Å²) in [5.74, 6) is 0.0760. The van der Waals surface area contributed by atoms with Gasteiger partial charge >= 0.3 is 0 Å². The number of ether oxygens (including phenoxy) is 1. The molecule has 1 unspecified atom stereocenters. The zero-order valence-electron chi connectivity index (χ0n) is 22.0. The molecular formula is C34H35F3O. The van der Waals surface area contributed by atoms with Crippen LogP contribution in [-0.4, -0.2) is 6.61 Å². The van der Waals surface area contributed by atoms with Crippen molar-refractivity contribution in [2.75, 3.05) is 6.61 Å². The zero-order valence-corrected chi connectivity index (χ0v) is 22.0. The molecule has 1 nitrogen and oxygen atoms in total. The van der Waals surface area contributed by atoms with Crippen LogP contribution in [0.1, 0.15) is 57.4 Å². The number of benzene rings is 3. The van der Waals surface area contributed by atoms with Crippen molar-refractivity contribution in [2.45, 2.75) is 51.9 Å². The molecule has 4 heteroatoms. The summed E-state index contributed by atoms with van der Waals surface area (Å²) in [5.41, 5.74) is 4.05. The lowest BCUT2D eigenvalue weighted by molar-refractivity contribution is 0.202. The summed E-state index contributed by atoms with van der Waals surface area (Å²) in [4.78, 5) is 0. The normalized spacial score (nSPS) is 21.6. The average Bonchev–Trinajstić information content (AvgIpc) is 2.94. The van der Waals surface area contributed by atoms with Crippen molar-refractivity contribution in [3.8, 4) is 28.0 Å². The summed E-state index contributed by atoms with van der Waals surface area (Å²) in [6.45, 7) is 5.97. The molecule has 2 aliphatic carbocycles. The minimum absolute atomic E-state index is 0.0947. The van der Waals surface area contributed by atoms with E-state index in [0.717, 1.165) is 53.7 Å². The Labute approximate surface area is 224 Å². The van der Waals surface area contributed by atoms with Crippen molar-refractivity contribution in [3.05, 3.63) is 96.3 Å². The quantitative estimate of drug-likeness (QED) is 0.284. The first-order chi connectivity index (χ1) is 18.4. The van der Waals surface area contributed by atoms with Gasteiger partial charge in [-0.3, -0.25) is 0 Å². The Morgan fingerprint density at radius 2 is 1.47 bits per heavy atom. The van der Waals surface area contributed by atoms with Gasteiger partial charge < -0.3 is 4.74 Å². The third kappa shape index (κ3) is 5.60. The van der Waals surface area contributed by atoms with Crippen LogP contribution in [0.2, 0.25) is 0 Å². The van der Waals surface area contributed by atoms with Crippen LogP contribution in [0.5, 0.6) is 5.75 Å². The predicted octanol–water partition coefficient (Wildman–Crippen LogP) is 10.0. The smallest absolute Gasteiger partial charge is 0.201 e. The second-order valence-corrected chi connectivity index (χ2v) is 10.9. The van der Waals surface area contributed by atoms with E-state index in [0.29, 0.717) is 11.1 Å². The minimum atomic E-state index is -1.03. The topological polar surface area (TPSA) is 9.23 Å². The lowest BCUT2D eigenvalue weighted by Gasteiger charge is -2.34. The van der Waals surface area contributed by atoms with Crippen molar-refractivity contribution in [2.24, 2.45) is 17.8 Å². The van der Waals surface area contributed by atoms with Gasteiger partial charge in [-0.25, -0.2) is 8.78 Å². The number of allylic oxidation sites excluding steroid dienone is 2. The molecule has 0 aliphatic heterocycles. The first-order valence-corrected chi connectivity index (χ1v) is 13.8. The molecular weight excluding hydrogens is 481 g/mol. The van der Waals surface area contributed by atoms with Crippen LogP contribution in [-0.2, 0) is 0 Å². The third-order valence-electron chi connectivity index (χ3n) is 8.43. The second-order valence-electron chi connectivity index (χ2n) is 10.9. The van der Waals surface area contributed by atoms with Crippen LogP contribution in [0.15, 0.2) is 73.3 Å². The van der Waals surface area contributed by atoms with Gasteiger partial charge in [-0.05, 0) is 90.3 Å². The zero-order chi connectivity index (χ0) is 26.6. The van der Waals surface area contributed by atoms with Gasteiger partial charge in [0.1, 0.15) is 12.4 Å². The van der Waals surface area contributed by atoms with Crippen LogP contribution in [0.3, 0.4) is 0 Å². The Morgan fingerprint density at radius 3 is 2.13 bits per heavy atom. The van der Waals surface area contributed by atoms with Crippen LogP contribution < -0.4 is 4.74 Å². The van der Waals surface area contributed by atoms with E-state index in [9.17, 15) is 8.78 Å². The monoisotopic (exact) mass is 516 g/mol. The fourth-order valence-electron chi connectivity index (χ4n) is 6.10. The fourth-order valence-corrected chi connectivity index (χ4v) is 6.10. The maximum absolute atomic E-state index is 15.2. The summed E-state index contributed by atoms with van der Waals surface area (Å²) in [7, 11) is 0. The molecule has 0 amide bonds. The first kappa shape index (κ1) is 26.3. The van der Waals surface area contributed by atoms with Gasteiger partial charge in [-0.2, -0.15) is 4.39 Å². The summed E-state index contributed by atoms with van der Waals surface area (Å²) in [6.07, 6.45) is 12.2. The van der Waals surface area contributed by atoms with Crippen molar-refractivity contribution in [1.29, 1.82) is 0 Å². The van der Waals surface area contributed by atoms with E-state index in [-0.39, 0.29) is 23.7 Å². The average molecular weight is 517 g/mol. The largest absolute Gasteiger partial charge is 0.486 e. The molecule has 1 fully saturated rings. The minimum Gasteiger partial charge on any atom is -0.486 e. The molecule has 1 saturated carbocycles. The molecule has 0 saturated heterocycles. The molecule has 1 atom stereocenters. The van der Waals surface area contributed by atoms with Gasteiger partial charge in [0.2, 0.25) is 5.82 Å². The van der Waals surface area contributed by atoms with Crippen LogP contribution in [0.4, 0.5) is 13.2 Å². The van der Waals surface area contributed by atoms with Gasteiger partial charge in [0, 0.05) is 11.1 Å². The lowest BCUT2D eigenvalue weighted by Crippen LogP contribution is -2.22. The molecule has 3 aromatic rings. The first-order valence-electron chi connectivity index (χ1n) is 13.8. The second kappa shape index (κ2) is 11.6. The number of halogens is 3. The summed E-state index contributed by atoms with van der Waals surface area (Å²) >= 11 is 0. The molecule has 0 N–H and O–H groups in total. The summed E-state index contributed by atoms with van der Waals surface area (Å²) < 4.78 is 49.5. The molecule has 198 valence electrons. The highest BCUT2D eigenvalue weighted by atomic mass is 19.2. The molecule has 0 radical (unpaired) electrons. The molecule has 0 bridgehead atoms. The van der Waals surface area contributed by atoms with E-state index in [1.165, 1.54) is 43.9 Å². The fraction of sp³-hybridized carbons (Fsp3) is 0.353. The van der Waals surface area contributed by atoms with Crippen molar-refractivity contribution in [3.63, 3.8) is 0 Å². The number of rotatable bonds is 7. The number of hydrogen-bond donors (Lipinski definition) is 0. The standard InChI is InChI=1S/C34H35F3O/c1-3-20-38-32-19-18-30(33(36)34(32)37)27-14-10-25(11-15-27)28-16-17-29(31(35)21-28)26-12-8-24(9-13-26)23-6-4-22(2)5-7-23/h3,10-12,14-19,21-24H,1,4-9,13,20H2,2H3. The maximum Gasteiger partial charge on any atom is 0.201 e. The van der Waals surface area contributed by atoms with E-state index < -0.39 is 11.6 Å². The highest BCUT2D eigenvalue weighted by Gasteiger charge is 2.28. The molecule has 0 spiro atoms. The Balaban J connectivity index is 1.28. The summed E-state index contributed by atoms with van der Waals surface area (Å²) in [6, 6.07) is 15.4. The molecule has 0 aromatic heterocycles. The van der Waals surface area contributed by atoms with E-state index in [4.69, 9.17) is 4.74 Å². The van der Waals surface area contributed by atoms with Gasteiger partial charge in [-0.15, -0.1) is 0 Å². The van der Waals surface area contributed by atoms with Crippen LogP contribution >= 0.6 is 0 Å². The van der Waals surface area contributed by atoms with E-state index in [2.05, 4.69) is 19.6 Å². The highest BCUT2D eigenvalue weighted by molar-refractivity contribution is 5.74. The molecule has 5 rings (SSSR count). The Kier molecular flexibility index (Phi) is 8.06. The maximum atomic E-state index is 15.2. The molecule has 0 heterocycles. The van der Waals surface area contributed by atoms with Crippen LogP contribution in [0, 0.1) is 35.2 Å². The lowest BCUT2D eigenvalue weighted by atomic mass is 9.71. The Morgan fingerprint density at radius 1 is 0.789 bits per heavy atom. The van der Waals surface area contributed by atoms with E-state index >= 15 is 4.39 Å². The van der Waals surface area contributed by atoms with E-state index in [1.54, 1.807) is 30.3 Å². The Bertz CT molecular complexity index is 1320. The van der Waals surface area contributed by atoms with E-state index in [1.807, 2.05) is 12.1 Å². The van der Waals surface area contributed by atoms with Crippen molar-refractivity contribution < 1.29 is 17.9 Å². The highest BCUT2D eigenvalue weighted by Crippen LogP contribution is 2.42. The van der Waals surface area contributed by atoms with Gasteiger partial charge in [-0.1, -0.05) is 74.9 Å². The summed E-state index contributed by atoms with van der Waals surface area (Å²) in [5, 5.41) is 0. The number of hydrogen-bond acceptors (Lipinski definition) is 1. The van der Waals surface area contributed by atoms with Crippen molar-refractivity contribution >= 4 is 5.57 Å². The predicted molar refractivity (Wildman–Crippen MR) is 149 cm³/mol. The molecule has 38 heavy (non-hydrogen) atoms. The van der Waals surface area contributed by atoms with Gasteiger partial charge in [0.25, 0.3) is 0 Å². The third-order valence-corrected chi connectivity index (χ3v) is 8.43. The SMILES string of the molecule is C=CCOc1ccc(-c2ccc(-c3ccc(C4=CCC(C5CCC(C)CC5)CC4)c(F)c3)cc2)c(F)c1F. The van der Waals surface area contributed by atoms with Gasteiger partial charge in [0.05, 0.1) is 0 Å². The van der Waals surface area contributed by atoms with Crippen molar-refractivity contribution in [1.82, 2.24) is 0 Å². The van der Waals surface area contributed by atoms with Gasteiger partial charge in [0.15, 0.2) is 11.6 Å². The molecule has 3 aromatic carbocycles.